The molecule has 1 aliphatic rings. The van der Waals surface area contributed by atoms with Crippen LogP contribution in [0.15, 0.2) is 24.3 Å². The Kier molecular flexibility index (Phi) is 4.10. The van der Waals surface area contributed by atoms with Gasteiger partial charge < -0.3 is 10.5 Å². The smallest absolute Gasteiger partial charge is 0.409 e. The lowest BCUT2D eigenvalue weighted by atomic mass is 10.0. The van der Waals surface area contributed by atoms with Gasteiger partial charge in [0.25, 0.3) is 0 Å². The van der Waals surface area contributed by atoms with Gasteiger partial charge in [0.15, 0.2) is 0 Å². The Labute approximate surface area is 114 Å². The zero-order valence-corrected chi connectivity index (χ0v) is 11.7. The first-order valence-electron chi connectivity index (χ1n) is 6.79. The van der Waals surface area contributed by atoms with Gasteiger partial charge in [0.05, 0.1) is 0 Å². The van der Waals surface area contributed by atoms with Crippen molar-refractivity contribution in [3.05, 3.63) is 29.8 Å². The predicted molar refractivity (Wildman–Crippen MR) is 75.2 cm³/mol. The van der Waals surface area contributed by atoms with Gasteiger partial charge in [0.1, 0.15) is 5.75 Å². The maximum absolute atomic E-state index is 10.6. The first kappa shape index (κ1) is 13.9. The number of carbonyl (C=O) groups excluding carboxylic acids is 1. The summed E-state index contributed by atoms with van der Waals surface area (Å²) < 4.78 is 4.81. The van der Waals surface area contributed by atoms with E-state index < -0.39 is 6.09 Å². The van der Waals surface area contributed by atoms with E-state index in [0.29, 0.717) is 11.3 Å². The van der Waals surface area contributed by atoms with Crippen LogP contribution in [0.4, 0.5) is 4.79 Å². The van der Waals surface area contributed by atoms with Gasteiger partial charge in [-0.25, -0.2) is 4.79 Å². The number of rotatable bonds is 4. The van der Waals surface area contributed by atoms with Crippen molar-refractivity contribution in [2.24, 2.45) is 5.73 Å². The Morgan fingerprint density at radius 3 is 2.58 bits per heavy atom. The van der Waals surface area contributed by atoms with Gasteiger partial charge in [0.2, 0.25) is 0 Å². The van der Waals surface area contributed by atoms with Crippen molar-refractivity contribution in [2.45, 2.75) is 38.6 Å². The molecule has 0 unspecified atom stereocenters. The standard InChI is InChI=1S/C15H22N2O2/c1-15(2)9-3-10-17(15)11-8-12-4-6-13(7-5-12)19-14(16)18/h4-7H,3,8-11H2,1-2H3,(H2,16,18). The Balaban J connectivity index is 1.88. The van der Waals surface area contributed by atoms with Gasteiger partial charge in [-0.15, -0.1) is 0 Å². The molecule has 19 heavy (non-hydrogen) atoms. The van der Waals surface area contributed by atoms with Gasteiger partial charge in [-0.3, -0.25) is 4.90 Å². The number of likely N-dealkylation sites (tertiary alicyclic amines) is 1. The Morgan fingerprint density at radius 1 is 1.37 bits per heavy atom. The van der Waals surface area contributed by atoms with Crippen LogP contribution >= 0.6 is 0 Å². The summed E-state index contributed by atoms with van der Waals surface area (Å²) in [6.07, 6.45) is 2.81. The molecule has 0 bridgehead atoms. The van der Waals surface area contributed by atoms with Crippen LogP contribution in [0.5, 0.6) is 5.75 Å². The topological polar surface area (TPSA) is 55.6 Å². The minimum absolute atomic E-state index is 0.328. The summed E-state index contributed by atoms with van der Waals surface area (Å²) in [7, 11) is 0. The second-order valence-electron chi connectivity index (χ2n) is 5.72. The first-order valence-corrected chi connectivity index (χ1v) is 6.79. The molecule has 0 radical (unpaired) electrons. The summed E-state index contributed by atoms with van der Waals surface area (Å²) in [5, 5.41) is 0. The molecule has 1 aromatic carbocycles. The van der Waals surface area contributed by atoms with Crippen LogP contribution in [0.1, 0.15) is 32.3 Å². The van der Waals surface area contributed by atoms with E-state index in [0.717, 1.165) is 13.0 Å². The Hall–Kier alpha value is -1.55. The van der Waals surface area contributed by atoms with Crippen molar-refractivity contribution < 1.29 is 9.53 Å². The number of nitrogens with zero attached hydrogens (tertiary/aromatic N) is 1. The molecule has 1 fully saturated rings. The van der Waals surface area contributed by atoms with Crippen molar-refractivity contribution in [3.63, 3.8) is 0 Å². The van der Waals surface area contributed by atoms with E-state index in [-0.39, 0.29) is 0 Å². The fourth-order valence-corrected chi connectivity index (χ4v) is 2.68. The van der Waals surface area contributed by atoms with Crippen LogP contribution in [0.25, 0.3) is 0 Å². The molecule has 2 rings (SSSR count). The zero-order chi connectivity index (χ0) is 13.9. The molecule has 0 aromatic heterocycles. The van der Waals surface area contributed by atoms with E-state index in [1.807, 2.05) is 12.1 Å². The number of hydrogen-bond acceptors (Lipinski definition) is 3. The summed E-state index contributed by atoms with van der Waals surface area (Å²) in [5.41, 5.74) is 6.54. The molecule has 1 aliphatic heterocycles. The lowest BCUT2D eigenvalue weighted by molar-refractivity contribution is 0.177. The summed E-state index contributed by atoms with van der Waals surface area (Å²) >= 11 is 0. The summed E-state index contributed by atoms with van der Waals surface area (Å²) in [4.78, 5) is 13.2. The van der Waals surface area contributed by atoms with E-state index in [1.54, 1.807) is 12.1 Å². The molecule has 0 atom stereocenters. The number of ether oxygens (including phenoxy) is 1. The molecule has 2 N–H and O–H groups in total. The van der Waals surface area contributed by atoms with Crippen molar-refractivity contribution >= 4 is 6.09 Å². The second-order valence-corrected chi connectivity index (χ2v) is 5.72. The molecule has 0 saturated carbocycles. The van der Waals surface area contributed by atoms with E-state index in [9.17, 15) is 4.79 Å². The van der Waals surface area contributed by atoms with Crippen LogP contribution in [0.2, 0.25) is 0 Å². The molecule has 1 aromatic rings. The third-order valence-electron chi connectivity index (χ3n) is 3.88. The molecular formula is C15H22N2O2. The first-order chi connectivity index (χ1) is 8.97. The van der Waals surface area contributed by atoms with E-state index in [2.05, 4.69) is 18.7 Å². The molecule has 0 spiro atoms. The second kappa shape index (κ2) is 5.61. The minimum atomic E-state index is -0.772. The van der Waals surface area contributed by atoms with E-state index in [4.69, 9.17) is 10.5 Å². The highest BCUT2D eigenvalue weighted by atomic mass is 16.5. The quantitative estimate of drug-likeness (QED) is 0.907. The fourth-order valence-electron chi connectivity index (χ4n) is 2.68. The summed E-state index contributed by atoms with van der Waals surface area (Å²) in [6.45, 7) is 6.88. The van der Waals surface area contributed by atoms with E-state index >= 15 is 0 Å². The monoisotopic (exact) mass is 262 g/mol. The predicted octanol–water partition coefficient (Wildman–Crippen LogP) is 2.56. The maximum atomic E-state index is 10.6. The molecule has 0 aliphatic carbocycles. The van der Waals surface area contributed by atoms with Gasteiger partial charge in [-0.2, -0.15) is 0 Å². The van der Waals surface area contributed by atoms with Gasteiger partial charge in [-0.1, -0.05) is 12.1 Å². The van der Waals surface area contributed by atoms with Crippen LogP contribution in [0.3, 0.4) is 0 Å². The average Bonchev–Trinajstić information content (AvgIpc) is 2.67. The Bertz CT molecular complexity index is 440. The van der Waals surface area contributed by atoms with Crippen LogP contribution in [-0.2, 0) is 6.42 Å². The molecule has 4 nitrogen and oxygen atoms in total. The average molecular weight is 262 g/mol. The minimum Gasteiger partial charge on any atom is -0.411 e. The van der Waals surface area contributed by atoms with E-state index in [1.165, 1.54) is 24.9 Å². The number of benzene rings is 1. The largest absolute Gasteiger partial charge is 0.411 e. The van der Waals surface area contributed by atoms with Gasteiger partial charge in [0, 0.05) is 12.1 Å². The molecule has 1 amide bonds. The number of amides is 1. The van der Waals surface area contributed by atoms with Crippen molar-refractivity contribution in [1.82, 2.24) is 4.90 Å². The molecule has 1 heterocycles. The highest BCUT2D eigenvalue weighted by molar-refractivity contribution is 5.67. The number of hydrogen-bond donors (Lipinski definition) is 1. The third kappa shape index (κ3) is 3.70. The van der Waals surface area contributed by atoms with Crippen molar-refractivity contribution in [1.29, 1.82) is 0 Å². The fraction of sp³-hybridized carbons (Fsp3) is 0.533. The van der Waals surface area contributed by atoms with Crippen LogP contribution in [-0.4, -0.2) is 29.6 Å². The highest BCUT2D eigenvalue weighted by Gasteiger charge is 2.30. The lowest BCUT2D eigenvalue weighted by Crippen LogP contribution is -2.39. The van der Waals surface area contributed by atoms with Crippen LogP contribution in [0, 0.1) is 0 Å². The molecule has 4 heteroatoms. The third-order valence-corrected chi connectivity index (χ3v) is 3.88. The lowest BCUT2D eigenvalue weighted by Gasteiger charge is -2.31. The van der Waals surface area contributed by atoms with Crippen molar-refractivity contribution in [3.8, 4) is 5.75 Å². The van der Waals surface area contributed by atoms with Crippen molar-refractivity contribution in [2.75, 3.05) is 13.1 Å². The number of primary amides is 1. The summed E-state index contributed by atoms with van der Waals surface area (Å²) in [6, 6.07) is 7.55. The maximum Gasteiger partial charge on any atom is 0.409 e. The molecule has 1 saturated heterocycles. The zero-order valence-electron chi connectivity index (χ0n) is 11.7. The SMILES string of the molecule is CC1(C)CCCN1CCc1ccc(OC(N)=O)cc1. The van der Waals surface area contributed by atoms with Crippen LogP contribution < -0.4 is 10.5 Å². The molecular weight excluding hydrogens is 240 g/mol. The van der Waals surface area contributed by atoms with Gasteiger partial charge >= 0.3 is 6.09 Å². The Morgan fingerprint density at radius 2 is 2.05 bits per heavy atom. The molecule has 104 valence electrons. The highest BCUT2D eigenvalue weighted by Crippen LogP contribution is 2.28. The summed E-state index contributed by atoms with van der Waals surface area (Å²) in [5.74, 6) is 0.498. The normalized spacial score (nSPS) is 18.4. The number of carbonyl (C=O) groups is 1. The number of nitrogens with two attached hydrogens (primary N) is 1. The van der Waals surface area contributed by atoms with Gasteiger partial charge in [-0.05, 0) is 57.4 Å².